The van der Waals surface area contributed by atoms with Crippen molar-refractivity contribution in [2.24, 2.45) is 5.41 Å². The quantitative estimate of drug-likeness (QED) is 0.831. The summed E-state index contributed by atoms with van der Waals surface area (Å²) >= 11 is 0. The van der Waals surface area contributed by atoms with Crippen LogP contribution in [0.1, 0.15) is 57.1 Å². The van der Waals surface area contributed by atoms with Crippen molar-refractivity contribution in [3.8, 4) is 6.07 Å². The molecule has 1 amide bonds. The summed E-state index contributed by atoms with van der Waals surface area (Å²) in [5.74, 6) is 1.27. The number of rotatable bonds is 2. The Hall–Kier alpha value is -2.09. The van der Waals surface area contributed by atoms with Crippen molar-refractivity contribution in [2.45, 2.75) is 57.4 Å². The second-order valence-corrected chi connectivity index (χ2v) is 7.98. The van der Waals surface area contributed by atoms with Gasteiger partial charge < -0.3 is 9.80 Å². The second-order valence-electron chi connectivity index (χ2n) is 7.98. The van der Waals surface area contributed by atoms with E-state index in [-0.39, 0.29) is 5.41 Å². The lowest BCUT2D eigenvalue weighted by Gasteiger charge is -2.50. The summed E-state index contributed by atoms with van der Waals surface area (Å²) in [7, 11) is 0. The van der Waals surface area contributed by atoms with E-state index in [1.807, 2.05) is 12.1 Å². The zero-order valence-corrected chi connectivity index (χ0v) is 14.8. The van der Waals surface area contributed by atoms with Gasteiger partial charge in [0.15, 0.2) is 0 Å². The molecule has 2 aliphatic heterocycles. The van der Waals surface area contributed by atoms with Gasteiger partial charge in [0.25, 0.3) is 0 Å². The Bertz CT molecular complexity index is 691. The van der Waals surface area contributed by atoms with Gasteiger partial charge in [-0.25, -0.2) is 4.98 Å². The standard InChI is InChI=1S/C20H26N4O/c21-13-16-5-3-8-18(22-16)23-12-4-10-20(14-23)11-9-19(25)24(15-20)17-6-1-2-7-17/h3,5,8,17H,1-2,4,6-7,9-12,14-15H2. The molecule has 1 atom stereocenters. The van der Waals surface area contributed by atoms with Crippen LogP contribution in [0.2, 0.25) is 0 Å². The highest BCUT2D eigenvalue weighted by Gasteiger charge is 2.44. The van der Waals surface area contributed by atoms with E-state index in [4.69, 9.17) is 5.26 Å². The van der Waals surface area contributed by atoms with Crippen LogP contribution >= 0.6 is 0 Å². The molecule has 1 aliphatic carbocycles. The fourth-order valence-electron chi connectivity index (χ4n) is 4.99. The van der Waals surface area contributed by atoms with Gasteiger partial charge in [-0.05, 0) is 44.2 Å². The first-order chi connectivity index (χ1) is 12.2. The Labute approximate surface area is 149 Å². The summed E-state index contributed by atoms with van der Waals surface area (Å²) in [5.41, 5.74) is 0.669. The van der Waals surface area contributed by atoms with Crippen molar-refractivity contribution >= 4 is 11.7 Å². The van der Waals surface area contributed by atoms with E-state index in [2.05, 4.69) is 20.9 Å². The van der Waals surface area contributed by atoms with Gasteiger partial charge in [0.05, 0.1) is 0 Å². The maximum absolute atomic E-state index is 12.5. The number of anilines is 1. The van der Waals surface area contributed by atoms with Gasteiger partial charge in [-0.1, -0.05) is 18.9 Å². The van der Waals surface area contributed by atoms with Crippen molar-refractivity contribution in [2.75, 3.05) is 24.5 Å². The number of pyridine rings is 1. The summed E-state index contributed by atoms with van der Waals surface area (Å²) in [6.45, 7) is 2.84. The monoisotopic (exact) mass is 338 g/mol. The number of likely N-dealkylation sites (tertiary alicyclic amines) is 1. The third-order valence-corrected chi connectivity index (χ3v) is 6.30. The minimum absolute atomic E-state index is 0.194. The fourth-order valence-corrected chi connectivity index (χ4v) is 4.99. The van der Waals surface area contributed by atoms with Crippen LogP contribution in [0.25, 0.3) is 0 Å². The SMILES string of the molecule is N#Cc1cccc(N2CCCC3(CCC(=O)N(C4CCCC4)C3)C2)n1. The molecule has 3 aliphatic rings. The lowest BCUT2D eigenvalue weighted by molar-refractivity contribution is -0.140. The van der Waals surface area contributed by atoms with Gasteiger partial charge in [-0.15, -0.1) is 0 Å². The number of aromatic nitrogens is 1. The summed E-state index contributed by atoms with van der Waals surface area (Å²) in [4.78, 5) is 21.5. The van der Waals surface area contributed by atoms with Crippen LogP contribution in [0.15, 0.2) is 18.2 Å². The summed E-state index contributed by atoms with van der Waals surface area (Å²) in [6.07, 6.45) is 8.88. The highest BCUT2D eigenvalue weighted by molar-refractivity contribution is 5.77. The number of amides is 1. The largest absolute Gasteiger partial charge is 0.356 e. The Morgan fingerprint density at radius 2 is 2.00 bits per heavy atom. The van der Waals surface area contributed by atoms with Crippen molar-refractivity contribution in [3.63, 3.8) is 0 Å². The lowest BCUT2D eigenvalue weighted by Crippen LogP contribution is -2.56. The van der Waals surface area contributed by atoms with Crippen LogP contribution in [0.5, 0.6) is 0 Å². The Balaban J connectivity index is 1.53. The summed E-state index contributed by atoms with van der Waals surface area (Å²) in [6, 6.07) is 8.28. The summed E-state index contributed by atoms with van der Waals surface area (Å²) in [5, 5.41) is 9.11. The molecular weight excluding hydrogens is 312 g/mol. The third-order valence-electron chi connectivity index (χ3n) is 6.30. The van der Waals surface area contributed by atoms with Crippen LogP contribution in [-0.4, -0.2) is 41.5 Å². The van der Waals surface area contributed by atoms with Crippen LogP contribution in [-0.2, 0) is 4.79 Å². The average molecular weight is 338 g/mol. The van der Waals surface area contributed by atoms with E-state index in [1.165, 1.54) is 32.1 Å². The minimum Gasteiger partial charge on any atom is -0.356 e. The molecule has 5 nitrogen and oxygen atoms in total. The molecule has 0 radical (unpaired) electrons. The molecule has 1 aromatic rings. The van der Waals surface area contributed by atoms with Crippen molar-refractivity contribution in [1.29, 1.82) is 5.26 Å². The van der Waals surface area contributed by atoms with E-state index in [0.29, 0.717) is 24.1 Å². The maximum Gasteiger partial charge on any atom is 0.222 e. The Morgan fingerprint density at radius 3 is 2.80 bits per heavy atom. The number of carbonyl (C=O) groups is 1. The van der Waals surface area contributed by atoms with Crippen molar-refractivity contribution < 1.29 is 4.79 Å². The van der Waals surface area contributed by atoms with Crippen LogP contribution < -0.4 is 4.90 Å². The molecule has 25 heavy (non-hydrogen) atoms. The average Bonchev–Trinajstić information content (AvgIpc) is 3.19. The van der Waals surface area contributed by atoms with E-state index < -0.39 is 0 Å². The number of nitriles is 1. The van der Waals surface area contributed by atoms with Gasteiger partial charge in [0.1, 0.15) is 17.6 Å². The normalized spacial score (nSPS) is 27.7. The fraction of sp³-hybridized carbons (Fsp3) is 0.650. The van der Waals surface area contributed by atoms with E-state index >= 15 is 0 Å². The number of hydrogen-bond acceptors (Lipinski definition) is 4. The molecule has 1 saturated carbocycles. The van der Waals surface area contributed by atoms with Crippen molar-refractivity contribution in [3.05, 3.63) is 23.9 Å². The smallest absolute Gasteiger partial charge is 0.222 e. The van der Waals surface area contributed by atoms with Gasteiger partial charge in [-0.2, -0.15) is 5.26 Å². The van der Waals surface area contributed by atoms with Crippen LogP contribution in [0.3, 0.4) is 0 Å². The Morgan fingerprint density at radius 1 is 1.16 bits per heavy atom. The molecule has 1 unspecified atom stereocenters. The molecule has 132 valence electrons. The maximum atomic E-state index is 12.5. The number of piperidine rings is 2. The van der Waals surface area contributed by atoms with Gasteiger partial charge >= 0.3 is 0 Å². The van der Waals surface area contributed by atoms with Crippen molar-refractivity contribution in [1.82, 2.24) is 9.88 Å². The summed E-state index contributed by atoms with van der Waals surface area (Å²) < 4.78 is 0. The van der Waals surface area contributed by atoms with Crippen LogP contribution in [0, 0.1) is 16.7 Å². The molecule has 1 aromatic heterocycles. The zero-order valence-electron chi connectivity index (χ0n) is 14.8. The third kappa shape index (κ3) is 3.22. The highest BCUT2D eigenvalue weighted by atomic mass is 16.2. The first-order valence-electron chi connectivity index (χ1n) is 9.61. The number of nitrogens with zero attached hydrogens (tertiary/aromatic N) is 4. The number of carbonyl (C=O) groups excluding carboxylic acids is 1. The molecule has 2 saturated heterocycles. The number of hydrogen-bond donors (Lipinski definition) is 0. The molecule has 0 bridgehead atoms. The molecule has 3 fully saturated rings. The second kappa shape index (κ2) is 6.67. The van der Waals surface area contributed by atoms with Gasteiger partial charge in [-0.3, -0.25) is 4.79 Å². The first kappa shape index (κ1) is 16.4. The molecular formula is C20H26N4O. The first-order valence-corrected chi connectivity index (χ1v) is 9.61. The predicted molar refractivity (Wildman–Crippen MR) is 96.0 cm³/mol. The lowest BCUT2D eigenvalue weighted by atomic mass is 9.73. The van der Waals surface area contributed by atoms with E-state index in [1.54, 1.807) is 6.07 Å². The van der Waals surface area contributed by atoms with Crippen LogP contribution in [0.4, 0.5) is 5.82 Å². The molecule has 3 heterocycles. The Kier molecular flexibility index (Phi) is 4.37. The molecule has 5 heteroatoms. The molecule has 1 spiro atoms. The molecule has 0 N–H and O–H groups in total. The topological polar surface area (TPSA) is 60.2 Å². The highest BCUT2D eigenvalue weighted by Crippen LogP contribution is 2.41. The minimum atomic E-state index is 0.194. The van der Waals surface area contributed by atoms with E-state index in [9.17, 15) is 4.79 Å². The van der Waals surface area contributed by atoms with Gasteiger partial charge in [0, 0.05) is 37.5 Å². The zero-order chi connectivity index (χ0) is 17.3. The molecule has 0 aromatic carbocycles. The predicted octanol–water partition coefficient (Wildman–Crippen LogP) is 3.10. The van der Waals surface area contributed by atoms with E-state index in [0.717, 1.165) is 38.3 Å². The van der Waals surface area contributed by atoms with Gasteiger partial charge in [0.2, 0.25) is 5.91 Å². The molecule has 4 rings (SSSR count).